The zero-order valence-corrected chi connectivity index (χ0v) is 15.4. The van der Waals surface area contributed by atoms with Crippen molar-refractivity contribution in [1.82, 2.24) is 4.98 Å². The number of furan rings is 1. The van der Waals surface area contributed by atoms with Crippen LogP contribution in [0.4, 0.5) is 5.82 Å². The smallest absolute Gasteiger partial charge is 0.143 e. The number of rotatable bonds is 6. The normalized spacial score (nSPS) is 10.2. The molecule has 2 aromatic heterocycles. The molecule has 0 unspecified atom stereocenters. The Morgan fingerprint density at radius 2 is 1.89 bits per heavy atom. The minimum absolute atomic E-state index is 0.0994. The number of thioether (sulfide) groups is 1. The van der Waals surface area contributed by atoms with Crippen molar-refractivity contribution >= 4 is 17.6 Å². The van der Waals surface area contributed by atoms with Crippen molar-refractivity contribution < 1.29 is 9.15 Å². The van der Waals surface area contributed by atoms with Crippen LogP contribution in [0.15, 0.2) is 52.1 Å². The number of benzene rings is 1. The van der Waals surface area contributed by atoms with E-state index in [1.165, 1.54) is 11.8 Å². The Morgan fingerprint density at radius 3 is 2.48 bits per heavy atom. The minimum Gasteiger partial charge on any atom is -0.494 e. The first-order valence-electron chi connectivity index (χ1n) is 8.20. The Hall–Kier alpha value is -3.42. The van der Waals surface area contributed by atoms with Gasteiger partial charge in [0.15, 0.2) is 0 Å². The summed E-state index contributed by atoms with van der Waals surface area (Å²) in [6, 6.07) is 15.1. The van der Waals surface area contributed by atoms with Gasteiger partial charge in [-0.05, 0) is 36.8 Å². The maximum Gasteiger partial charge on any atom is 0.143 e. The second kappa shape index (κ2) is 8.31. The highest BCUT2D eigenvalue weighted by Crippen LogP contribution is 2.37. The van der Waals surface area contributed by atoms with Crippen molar-refractivity contribution in [2.75, 3.05) is 12.3 Å². The van der Waals surface area contributed by atoms with Crippen LogP contribution in [-0.2, 0) is 5.75 Å². The SMILES string of the molecule is CCOc1ccc(-c2c(C#N)c(N)nc(SCc3ccco3)c2C#N)cc1. The molecule has 0 aliphatic rings. The quantitative estimate of drug-likeness (QED) is 0.637. The Bertz CT molecular complexity index is 1020. The molecule has 7 heteroatoms. The fraction of sp³-hybridized carbons (Fsp3) is 0.150. The first kappa shape index (κ1) is 18.4. The summed E-state index contributed by atoms with van der Waals surface area (Å²) in [5, 5.41) is 19.8. The maximum absolute atomic E-state index is 9.77. The summed E-state index contributed by atoms with van der Waals surface area (Å²) >= 11 is 1.34. The third-order valence-corrected chi connectivity index (χ3v) is 4.80. The van der Waals surface area contributed by atoms with E-state index in [9.17, 15) is 10.5 Å². The Labute approximate surface area is 161 Å². The number of nitriles is 2. The van der Waals surface area contributed by atoms with E-state index in [-0.39, 0.29) is 11.4 Å². The van der Waals surface area contributed by atoms with Gasteiger partial charge in [0.05, 0.1) is 24.2 Å². The lowest BCUT2D eigenvalue weighted by molar-refractivity contribution is 0.340. The van der Waals surface area contributed by atoms with Gasteiger partial charge in [-0.25, -0.2) is 4.98 Å². The lowest BCUT2D eigenvalue weighted by Crippen LogP contribution is -2.03. The average molecular weight is 376 g/mol. The van der Waals surface area contributed by atoms with Crippen molar-refractivity contribution in [2.45, 2.75) is 17.7 Å². The van der Waals surface area contributed by atoms with Gasteiger partial charge < -0.3 is 14.9 Å². The molecule has 0 spiro atoms. The summed E-state index contributed by atoms with van der Waals surface area (Å²) in [7, 11) is 0. The van der Waals surface area contributed by atoms with Crippen LogP contribution < -0.4 is 10.5 Å². The molecular weight excluding hydrogens is 360 g/mol. The summed E-state index contributed by atoms with van der Waals surface area (Å²) in [6.45, 7) is 2.46. The number of anilines is 1. The molecule has 6 nitrogen and oxygen atoms in total. The van der Waals surface area contributed by atoms with Gasteiger partial charge in [0, 0.05) is 5.56 Å². The number of hydrogen-bond acceptors (Lipinski definition) is 7. The Morgan fingerprint density at radius 1 is 1.15 bits per heavy atom. The lowest BCUT2D eigenvalue weighted by Gasteiger charge is -2.13. The predicted octanol–water partition coefficient (Wildman–Crippen LogP) is 4.36. The molecular formula is C20H16N4O2S. The van der Waals surface area contributed by atoms with E-state index in [1.807, 2.05) is 25.1 Å². The van der Waals surface area contributed by atoms with Crippen LogP contribution in [0.2, 0.25) is 0 Å². The number of nitrogens with zero attached hydrogens (tertiary/aromatic N) is 3. The molecule has 0 saturated carbocycles. The highest BCUT2D eigenvalue weighted by Gasteiger charge is 2.20. The summed E-state index contributed by atoms with van der Waals surface area (Å²) in [5.41, 5.74) is 7.72. The van der Waals surface area contributed by atoms with Crippen molar-refractivity contribution in [3.05, 3.63) is 59.5 Å². The van der Waals surface area contributed by atoms with Crippen LogP contribution >= 0.6 is 11.8 Å². The molecule has 0 aliphatic carbocycles. The van der Waals surface area contributed by atoms with Gasteiger partial charge in [0.2, 0.25) is 0 Å². The lowest BCUT2D eigenvalue weighted by atomic mass is 9.97. The first-order valence-corrected chi connectivity index (χ1v) is 9.18. The molecule has 134 valence electrons. The van der Waals surface area contributed by atoms with Crippen molar-refractivity contribution in [1.29, 1.82) is 10.5 Å². The largest absolute Gasteiger partial charge is 0.494 e. The van der Waals surface area contributed by atoms with Gasteiger partial charge in [-0.3, -0.25) is 0 Å². The molecule has 0 atom stereocenters. The molecule has 0 aliphatic heterocycles. The van der Waals surface area contributed by atoms with Gasteiger partial charge in [-0.1, -0.05) is 23.9 Å². The van der Waals surface area contributed by atoms with E-state index in [0.29, 0.717) is 39.8 Å². The molecule has 27 heavy (non-hydrogen) atoms. The monoisotopic (exact) mass is 376 g/mol. The molecule has 0 bridgehead atoms. The predicted molar refractivity (Wildman–Crippen MR) is 103 cm³/mol. The van der Waals surface area contributed by atoms with E-state index >= 15 is 0 Å². The van der Waals surface area contributed by atoms with E-state index in [0.717, 1.165) is 5.76 Å². The number of nitrogens with two attached hydrogens (primary N) is 1. The van der Waals surface area contributed by atoms with Crippen molar-refractivity contribution in [3.8, 4) is 29.0 Å². The van der Waals surface area contributed by atoms with E-state index in [2.05, 4.69) is 17.1 Å². The third-order valence-electron chi connectivity index (χ3n) is 3.80. The standard InChI is InChI=1S/C20H16N4O2S/c1-2-25-14-7-5-13(6-8-14)18-16(10-21)19(23)24-20(17(18)11-22)27-12-15-4-3-9-26-15/h3-9H,2,12H2,1H3,(H2,23,24). The average Bonchev–Trinajstić information content (AvgIpc) is 3.20. The zero-order valence-electron chi connectivity index (χ0n) is 14.6. The summed E-state index contributed by atoms with van der Waals surface area (Å²) in [4.78, 5) is 4.28. The molecule has 3 aromatic rings. The van der Waals surface area contributed by atoms with Crippen molar-refractivity contribution in [3.63, 3.8) is 0 Å². The highest BCUT2D eigenvalue weighted by atomic mass is 32.2. The number of pyridine rings is 1. The first-order chi connectivity index (χ1) is 13.2. The topological polar surface area (TPSA) is 109 Å². The maximum atomic E-state index is 9.77. The van der Waals surface area contributed by atoms with E-state index < -0.39 is 0 Å². The molecule has 2 heterocycles. The number of ether oxygens (including phenoxy) is 1. The van der Waals surface area contributed by atoms with Crippen LogP contribution in [-0.4, -0.2) is 11.6 Å². The second-order valence-corrected chi connectivity index (χ2v) is 6.44. The van der Waals surface area contributed by atoms with Crippen molar-refractivity contribution in [2.24, 2.45) is 0 Å². The molecule has 3 rings (SSSR count). The fourth-order valence-electron chi connectivity index (χ4n) is 2.61. The fourth-order valence-corrected chi connectivity index (χ4v) is 3.51. The van der Waals surface area contributed by atoms with Crippen LogP contribution in [0.1, 0.15) is 23.8 Å². The Balaban J connectivity index is 2.07. The number of aromatic nitrogens is 1. The van der Waals surface area contributed by atoms with Gasteiger partial charge in [0.1, 0.15) is 40.1 Å². The van der Waals surface area contributed by atoms with Crippen LogP contribution in [0, 0.1) is 22.7 Å². The van der Waals surface area contributed by atoms with E-state index in [1.54, 1.807) is 24.5 Å². The number of hydrogen-bond donors (Lipinski definition) is 1. The van der Waals surface area contributed by atoms with E-state index in [4.69, 9.17) is 14.9 Å². The van der Waals surface area contributed by atoms with Gasteiger partial charge in [0.25, 0.3) is 0 Å². The Kier molecular flexibility index (Phi) is 5.65. The summed E-state index contributed by atoms with van der Waals surface area (Å²) < 4.78 is 10.8. The molecule has 0 amide bonds. The zero-order chi connectivity index (χ0) is 19.2. The molecule has 0 fully saturated rings. The van der Waals surface area contributed by atoms with Crippen LogP contribution in [0.3, 0.4) is 0 Å². The molecule has 2 N–H and O–H groups in total. The van der Waals surface area contributed by atoms with Gasteiger partial charge in [-0.15, -0.1) is 0 Å². The van der Waals surface area contributed by atoms with Crippen LogP contribution in [0.25, 0.3) is 11.1 Å². The molecule has 0 saturated heterocycles. The minimum atomic E-state index is 0.0994. The summed E-state index contributed by atoms with van der Waals surface area (Å²) in [5.74, 6) is 2.08. The van der Waals surface area contributed by atoms with Crippen LogP contribution in [0.5, 0.6) is 5.75 Å². The molecule has 1 aromatic carbocycles. The highest BCUT2D eigenvalue weighted by molar-refractivity contribution is 7.98. The number of nitrogen functional groups attached to an aromatic ring is 1. The second-order valence-electron chi connectivity index (χ2n) is 5.48. The van der Waals surface area contributed by atoms with Gasteiger partial charge >= 0.3 is 0 Å². The summed E-state index contributed by atoms with van der Waals surface area (Å²) in [6.07, 6.45) is 1.59. The third kappa shape index (κ3) is 3.89. The van der Waals surface area contributed by atoms with Gasteiger partial charge in [-0.2, -0.15) is 10.5 Å². The molecule has 0 radical (unpaired) electrons.